The van der Waals surface area contributed by atoms with E-state index >= 15 is 0 Å². The van der Waals surface area contributed by atoms with Gasteiger partial charge in [-0.3, -0.25) is 9.69 Å². The maximum Gasteiger partial charge on any atom is 0.227 e. The van der Waals surface area contributed by atoms with Crippen LogP contribution in [-0.4, -0.2) is 77.0 Å². The number of likely N-dealkylation sites (tertiary alicyclic amines) is 2. The van der Waals surface area contributed by atoms with Gasteiger partial charge in [-0.25, -0.2) is 4.98 Å². The number of piperidine rings is 1. The minimum absolute atomic E-state index is 0.258. The van der Waals surface area contributed by atoms with Gasteiger partial charge in [0.15, 0.2) is 0 Å². The highest BCUT2D eigenvalue weighted by Gasteiger charge is 2.30. The van der Waals surface area contributed by atoms with Gasteiger partial charge in [0.1, 0.15) is 5.82 Å². The minimum atomic E-state index is 0.258. The number of aromatic nitrogens is 2. The number of nitrogens with one attached hydrogen (secondary N) is 1. The summed E-state index contributed by atoms with van der Waals surface area (Å²) in [6, 6.07) is 13.0. The van der Waals surface area contributed by atoms with E-state index in [0.29, 0.717) is 18.5 Å². The average Bonchev–Trinajstić information content (AvgIpc) is 3.33. The highest BCUT2D eigenvalue weighted by atomic mass is 16.2. The van der Waals surface area contributed by atoms with Gasteiger partial charge >= 0.3 is 0 Å². The standard InChI is InChI=1S/C29H42N6O/c36-28(21-24-11-4-3-5-12-24)35-20-10-14-26(23-35)34-19-9-6-13-25(22-34)31-29-30-16-15-27(32-29)33-17-7-1-2-8-18-33/h3-5,11-12,15-16,25-26H,1-2,6-10,13-14,17-23H2,(H,30,31,32). The zero-order valence-corrected chi connectivity index (χ0v) is 21.7. The van der Waals surface area contributed by atoms with E-state index in [-0.39, 0.29) is 5.91 Å². The van der Waals surface area contributed by atoms with Gasteiger partial charge in [0.2, 0.25) is 11.9 Å². The number of amides is 1. The molecule has 7 heteroatoms. The number of benzene rings is 1. The lowest BCUT2D eigenvalue weighted by molar-refractivity contribution is -0.132. The molecule has 5 rings (SSSR count). The van der Waals surface area contributed by atoms with Gasteiger partial charge in [-0.1, -0.05) is 49.6 Å². The van der Waals surface area contributed by atoms with Gasteiger partial charge in [0, 0.05) is 51.0 Å². The summed E-state index contributed by atoms with van der Waals surface area (Å²) in [5, 5.41) is 3.68. The Morgan fingerprint density at radius 2 is 1.67 bits per heavy atom. The molecule has 1 aromatic heterocycles. The Labute approximate surface area is 216 Å². The summed E-state index contributed by atoms with van der Waals surface area (Å²) in [5.41, 5.74) is 1.10. The van der Waals surface area contributed by atoms with E-state index in [0.717, 1.165) is 69.4 Å². The highest BCUT2D eigenvalue weighted by Crippen LogP contribution is 2.23. The molecule has 0 spiro atoms. The van der Waals surface area contributed by atoms with Gasteiger partial charge in [-0.05, 0) is 56.7 Å². The van der Waals surface area contributed by atoms with Crippen molar-refractivity contribution in [1.82, 2.24) is 19.8 Å². The zero-order valence-electron chi connectivity index (χ0n) is 21.7. The lowest BCUT2D eigenvalue weighted by Crippen LogP contribution is -2.52. The molecule has 3 aliphatic rings. The molecule has 1 amide bonds. The van der Waals surface area contributed by atoms with Crippen molar-refractivity contribution in [3.05, 3.63) is 48.2 Å². The Kier molecular flexibility index (Phi) is 8.70. The van der Waals surface area contributed by atoms with Crippen LogP contribution in [0, 0.1) is 0 Å². The average molecular weight is 491 g/mol. The molecule has 0 radical (unpaired) electrons. The van der Waals surface area contributed by atoms with Crippen molar-refractivity contribution in [2.24, 2.45) is 0 Å². The molecule has 194 valence electrons. The highest BCUT2D eigenvalue weighted by molar-refractivity contribution is 5.78. The number of hydrogen-bond acceptors (Lipinski definition) is 6. The van der Waals surface area contributed by atoms with Crippen LogP contribution in [0.4, 0.5) is 11.8 Å². The molecule has 1 N–H and O–H groups in total. The third-order valence-electron chi connectivity index (χ3n) is 8.07. The van der Waals surface area contributed by atoms with Crippen molar-refractivity contribution in [3.8, 4) is 0 Å². The molecule has 2 aromatic rings. The van der Waals surface area contributed by atoms with Crippen LogP contribution in [0.3, 0.4) is 0 Å². The third-order valence-corrected chi connectivity index (χ3v) is 8.07. The quantitative estimate of drug-likeness (QED) is 0.649. The molecule has 2 unspecified atom stereocenters. The molecular formula is C29H42N6O. The van der Waals surface area contributed by atoms with Crippen LogP contribution in [0.1, 0.15) is 63.4 Å². The van der Waals surface area contributed by atoms with Crippen LogP contribution in [0.15, 0.2) is 42.6 Å². The molecule has 3 saturated heterocycles. The lowest BCUT2D eigenvalue weighted by atomic mass is 10.0. The fraction of sp³-hybridized carbons (Fsp3) is 0.621. The van der Waals surface area contributed by atoms with Crippen LogP contribution < -0.4 is 10.2 Å². The number of anilines is 2. The normalized spacial score (nSPS) is 24.1. The fourth-order valence-corrected chi connectivity index (χ4v) is 6.06. The predicted molar refractivity (Wildman–Crippen MR) is 145 cm³/mol. The second kappa shape index (κ2) is 12.5. The predicted octanol–water partition coefficient (Wildman–Crippen LogP) is 4.36. The Hall–Kier alpha value is -2.67. The monoisotopic (exact) mass is 490 g/mol. The second-order valence-corrected chi connectivity index (χ2v) is 10.8. The Bertz CT molecular complexity index is 961. The number of carbonyl (C=O) groups is 1. The summed E-state index contributed by atoms with van der Waals surface area (Å²) in [6.45, 7) is 6.01. The SMILES string of the molecule is O=C(Cc1ccccc1)N1CCCC(N2CCCCC(Nc3nccc(N4CCCCCC4)n3)C2)C1. The first kappa shape index (κ1) is 25.0. The van der Waals surface area contributed by atoms with Crippen LogP contribution >= 0.6 is 0 Å². The van der Waals surface area contributed by atoms with Crippen molar-refractivity contribution >= 4 is 17.7 Å². The van der Waals surface area contributed by atoms with Gasteiger partial charge in [0.05, 0.1) is 6.42 Å². The van der Waals surface area contributed by atoms with E-state index in [9.17, 15) is 4.79 Å². The fourth-order valence-electron chi connectivity index (χ4n) is 6.06. The van der Waals surface area contributed by atoms with Crippen molar-refractivity contribution in [2.45, 2.75) is 76.3 Å². The summed E-state index contributed by atoms with van der Waals surface area (Å²) in [6.07, 6.45) is 13.4. The Morgan fingerprint density at radius 1 is 0.861 bits per heavy atom. The van der Waals surface area contributed by atoms with Crippen LogP contribution in [0.25, 0.3) is 0 Å². The molecule has 0 aliphatic carbocycles. The molecule has 7 nitrogen and oxygen atoms in total. The van der Waals surface area contributed by atoms with Crippen LogP contribution in [-0.2, 0) is 11.2 Å². The van der Waals surface area contributed by atoms with Crippen LogP contribution in [0.5, 0.6) is 0 Å². The number of hydrogen-bond donors (Lipinski definition) is 1. The molecule has 36 heavy (non-hydrogen) atoms. The van der Waals surface area contributed by atoms with E-state index in [1.54, 1.807) is 0 Å². The van der Waals surface area contributed by atoms with Crippen molar-refractivity contribution in [1.29, 1.82) is 0 Å². The summed E-state index contributed by atoms with van der Waals surface area (Å²) >= 11 is 0. The van der Waals surface area contributed by atoms with Gasteiger partial charge in [0.25, 0.3) is 0 Å². The molecule has 0 saturated carbocycles. The van der Waals surface area contributed by atoms with Gasteiger partial charge in [-0.15, -0.1) is 0 Å². The zero-order chi connectivity index (χ0) is 24.6. The molecular weight excluding hydrogens is 448 g/mol. The van der Waals surface area contributed by atoms with Crippen LogP contribution in [0.2, 0.25) is 0 Å². The van der Waals surface area contributed by atoms with Gasteiger partial charge < -0.3 is 15.1 Å². The summed E-state index contributed by atoms with van der Waals surface area (Å²) in [7, 11) is 0. The number of carbonyl (C=O) groups excluding carboxylic acids is 1. The molecule has 3 fully saturated rings. The van der Waals surface area contributed by atoms with Crippen molar-refractivity contribution in [3.63, 3.8) is 0 Å². The minimum Gasteiger partial charge on any atom is -0.356 e. The number of rotatable bonds is 6. The smallest absolute Gasteiger partial charge is 0.227 e. The molecule has 2 atom stereocenters. The Balaban J connectivity index is 1.19. The second-order valence-electron chi connectivity index (χ2n) is 10.8. The van der Waals surface area contributed by atoms with Crippen molar-refractivity contribution in [2.75, 3.05) is 49.5 Å². The first-order chi connectivity index (χ1) is 17.7. The van der Waals surface area contributed by atoms with E-state index < -0.39 is 0 Å². The molecule has 4 heterocycles. The summed E-state index contributed by atoms with van der Waals surface area (Å²) in [5.74, 6) is 2.07. The number of nitrogens with zero attached hydrogens (tertiary/aromatic N) is 5. The maximum absolute atomic E-state index is 13.0. The van der Waals surface area contributed by atoms with Gasteiger partial charge in [-0.2, -0.15) is 4.98 Å². The largest absolute Gasteiger partial charge is 0.356 e. The summed E-state index contributed by atoms with van der Waals surface area (Å²) < 4.78 is 0. The lowest BCUT2D eigenvalue weighted by Gasteiger charge is -2.40. The molecule has 3 aliphatic heterocycles. The topological polar surface area (TPSA) is 64.6 Å². The van der Waals surface area contributed by atoms with E-state index in [1.807, 2.05) is 36.5 Å². The van der Waals surface area contributed by atoms with Crippen molar-refractivity contribution < 1.29 is 4.79 Å². The Morgan fingerprint density at radius 3 is 2.50 bits per heavy atom. The molecule has 0 bridgehead atoms. The maximum atomic E-state index is 13.0. The first-order valence-corrected chi connectivity index (χ1v) is 14.1. The third kappa shape index (κ3) is 6.75. The first-order valence-electron chi connectivity index (χ1n) is 14.1. The van der Waals surface area contributed by atoms with E-state index in [1.165, 1.54) is 44.9 Å². The van der Waals surface area contributed by atoms with E-state index in [2.05, 4.69) is 31.1 Å². The summed E-state index contributed by atoms with van der Waals surface area (Å²) in [4.78, 5) is 29.7. The molecule has 1 aromatic carbocycles. The van der Waals surface area contributed by atoms with E-state index in [4.69, 9.17) is 4.98 Å².